The molecule has 70 heavy (non-hydrogen) atoms. The van der Waals surface area contributed by atoms with Gasteiger partial charge >= 0.3 is 0 Å². The van der Waals surface area contributed by atoms with Crippen LogP contribution in [0.5, 0.6) is 23.0 Å². The Morgan fingerprint density at radius 3 is 1.60 bits per heavy atom. The van der Waals surface area contributed by atoms with E-state index in [2.05, 4.69) is 53.4 Å². The van der Waals surface area contributed by atoms with Gasteiger partial charge in [0.25, 0.3) is 0 Å². The van der Waals surface area contributed by atoms with Crippen LogP contribution in [0.4, 0.5) is 0 Å². The fraction of sp³-hybridized carbons (Fsp3) is 0.309. The maximum Gasteiger partial charge on any atom is 0.234 e. The first-order chi connectivity index (χ1) is 33.9. The topological polar surface area (TPSA) is 208 Å². The van der Waals surface area contributed by atoms with Gasteiger partial charge in [-0.05, 0) is 127 Å². The lowest BCUT2D eigenvalue weighted by Gasteiger charge is -2.20. The number of nitrogens with one attached hydrogen (secondary N) is 1. The molecule has 0 radical (unpaired) electrons. The maximum absolute atomic E-state index is 12.3. The zero-order chi connectivity index (χ0) is 49.3. The average molecular weight is 979 g/mol. The van der Waals surface area contributed by atoms with Crippen LogP contribution >= 0.6 is 23.2 Å². The Hall–Kier alpha value is -7.16. The molecule has 0 saturated heterocycles. The number of aryl methyl sites for hydroxylation is 1. The molecule has 0 unspecified atom stereocenters. The molecule has 0 spiro atoms. The van der Waals surface area contributed by atoms with Crippen LogP contribution in [0.25, 0.3) is 11.1 Å². The summed E-state index contributed by atoms with van der Waals surface area (Å²) >= 11 is 13.8. The molecule has 13 nitrogen and oxygen atoms in total. The first-order valence-corrected chi connectivity index (χ1v) is 24.0. The third kappa shape index (κ3) is 12.3. The van der Waals surface area contributed by atoms with Crippen molar-refractivity contribution in [1.82, 2.24) is 15.3 Å². The number of primary amides is 2. The van der Waals surface area contributed by atoms with E-state index < -0.39 is 11.9 Å². The number of hydrogen-bond acceptors (Lipinski definition) is 11. The molecule has 0 aliphatic heterocycles. The van der Waals surface area contributed by atoms with Crippen molar-refractivity contribution in [2.75, 3.05) is 0 Å². The van der Waals surface area contributed by atoms with Crippen molar-refractivity contribution in [2.45, 2.75) is 91.4 Å². The molecule has 2 atom stereocenters. The van der Waals surface area contributed by atoms with Crippen LogP contribution in [0, 0.1) is 54.3 Å². The van der Waals surface area contributed by atoms with Crippen molar-refractivity contribution in [3.05, 3.63) is 163 Å². The van der Waals surface area contributed by atoms with Crippen LogP contribution in [0.2, 0.25) is 10.0 Å². The number of amides is 2. The molecular formula is C55H53Cl2N7O6. The zero-order valence-electron chi connectivity index (χ0n) is 39.0. The molecule has 15 heteroatoms. The first kappa shape index (κ1) is 49.3. The average Bonchev–Trinajstić information content (AvgIpc) is 4.31. The fourth-order valence-electron chi connectivity index (χ4n) is 8.70. The van der Waals surface area contributed by atoms with Crippen molar-refractivity contribution >= 4 is 35.0 Å². The third-order valence-electron chi connectivity index (χ3n) is 13.0. The second-order valence-corrected chi connectivity index (χ2v) is 18.8. The van der Waals surface area contributed by atoms with Gasteiger partial charge in [-0.2, -0.15) is 10.5 Å². The summed E-state index contributed by atoms with van der Waals surface area (Å²) in [4.78, 5) is 32.9. The van der Waals surface area contributed by atoms with Gasteiger partial charge in [0.2, 0.25) is 11.8 Å². The lowest BCUT2D eigenvalue weighted by molar-refractivity contribution is -0.122. The summed E-state index contributed by atoms with van der Waals surface area (Å²) in [6.07, 6.45) is 11.3. The SMILES string of the molecule is Cc1c(COc2cc(OCc3cncc(C#N)c3)c(CC[C@H](C(N)=O)C3CC3)cc2Cl)cccc1-c1cccc(COc2cc(OCc3cncc(C#N)c3)c(CN[C@H](C(N)=O)C3CC3)cc2Cl)c1C. The molecule has 0 bridgehead atoms. The van der Waals surface area contributed by atoms with Gasteiger partial charge in [-0.25, -0.2) is 0 Å². The van der Waals surface area contributed by atoms with Crippen LogP contribution in [0.15, 0.2) is 97.6 Å². The minimum Gasteiger partial charge on any atom is -0.488 e. The summed E-state index contributed by atoms with van der Waals surface area (Å²) in [5, 5.41) is 22.9. The highest BCUT2D eigenvalue weighted by molar-refractivity contribution is 6.32. The molecule has 8 rings (SSSR count). The third-order valence-corrected chi connectivity index (χ3v) is 13.6. The van der Waals surface area contributed by atoms with E-state index in [1.165, 1.54) is 12.4 Å². The van der Waals surface area contributed by atoms with Gasteiger partial charge in [0.1, 0.15) is 61.6 Å². The van der Waals surface area contributed by atoms with E-state index in [4.69, 9.17) is 53.6 Å². The number of carbonyl (C=O) groups excluding carboxylic acids is 2. The molecule has 2 aliphatic rings. The molecule has 358 valence electrons. The van der Waals surface area contributed by atoms with E-state index in [9.17, 15) is 20.1 Å². The van der Waals surface area contributed by atoms with Gasteiger partial charge in [-0.3, -0.25) is 19.6 Å². The number of pyridine rings is 2. The predicted octanol–water partition coefficient (Wildman–Crippen LogP) is 9.92. The molecular weight excluding hydrogens is 926 g/mol. The highest BCUT2D eigenvalue weighted by Crippen LogP contribution is 2.42. The van der Waals surface area contributed by atoms with E-state index in [0.29, 0.717) is 68.5 Å². The molecule has 2 heterocycles. The number of carbonyl (C=O) groups is 2. The van der Waals surface area contributed by atoms with Gasteiger partial charge in [-0.1, -0.05) is 59.6 Å². The smallest absolute Gasteiger partial charge is 0.234 e. The van der Waals surface area contributed by atoms with E-state index >= 15 is 0 Å². The minimum atomic E-state index is -0.465. The van der Waals surface area contributed by atoms with Crippen molar-refractivity contribution in [2.24, 2.45) is 29.2 Å². The van der Waals surface area contributed by atoms with Crippen LogP contribution in [-0.2, 0) is 49.0 Å². The van der Waals surface area contributed by atoms with Gasteiger partial charge < -0.3 is 35.7 Å². The van der Waals surface area contributed by atoms with Crippen molar-refractivity contribution < 1.29 is 28.5 Å². The fourth-order valence-corrected chi connectivity index (χ4v) is 9.18. The molecule has 2 amide bonds. The largest absolute Gasteiger partial charge is 0.488 e. The Balaban J connectivity index is 0.986. The normalized spacial score (nSPS) is 13.9. The van der Waals surface area contributed by atoms with Crippen molar-refractivity contribution in [3.63, 3.8) is 0 Å². The van der Waals surface area contributed by atoms with Crippen molar-refractivity contribution in [1.29, 1.82) is 10.5 Å². The van der Waals surface area contributed by atoms with Crippen LogP contribution in [-0.4, -0.2) is 27.8 Å². The second kappa shape index (κ2) is 22.5. The van der Waals surface area contributed by atoms with Gasteiger partial charge in [0.05, 0.1) is 27.2 Å². The summed E-state index contributed by atoms with van der Waals surface area (Å²) in [6, 6.07) is 26.6. The van der Waals surface area contributed by atoms with Gasteiger partial charge in [0.15, 0.2) is 0 Å². The van der Waals surface area contributed by atoms with Crippen LogP contribution in [0.3, 0.4) is 0 Å². The lowest BCUT2D eigenvalue weighted by Crippen LogP contribution is -2.42. The molecule has 5 N–H and O–H groups in total. The predicted molar refractivity (Wildman–Crippen MR) is 266 cm³/mol. The standard InChI is InChI=1S/C55H53Cl2N7O6/c1-32-41(30-69-51-19-49(67-28-36-15-34(21-58)23-62-25-36)40(17-47(51)56)13-14-46(54(60)65)38-9-10-38)5-3-7-44(32)45-8-4-6-42(33(45)2)31-70-52-20-50(68-29-37-16-35(22-59)24-63-26-37)43(18-48(52)57)27-64-53(55(61)66)39-11-12-39/h3-8,15-20,23-26,38-39,46,53,64H,9-14,27-31H2,1-2H3,(H2,60,65)(H2,61,66)/t46-,53-/m0/s1. The van der Waals surface area contributed by atoms with Gasteiger partial charge in [-0.15, -0.1) is 0 Å². The zero-order valence-corrected chi connectivity index (χ0v) is 40.5. The Morgan fingerprint density at radius 2 is 1.13 bits per heavy atom. The highest BCUT2D eigenvalue weighted by Gasteiger charge is 2.36. The maximum atomic E-state index is 12.3. The minimum absolute atomic E-state index is 0.136. The number of ether oxygens (including phenoxy) is 4. The van der Waals surface area contributed by atoms with Gasteiger partial charge in [0, 0.05) is 66.1 Å². The van der Waals surface area contributed by atoms with Crippen LogP contribution in [0.1, 0.15) is 87.7 Å². The Kier molecular flexibility index (Phi) is 15.8. The lowest BCUT2D eigenvalue weighted by atomic mass is 9.92. The number of rotatable bonds is 23. The summed E-state index contributed by atoms with van der Waals surface area (Å²) in [6.45, 7) is 5.14. The molecule has 4 aromatic carbocycles. The Bertz CT molecular complexity index is 2800. The number of nitrogens with zero attached hydrogens (tertiary/aromatic N) is 4. The highest BCUT2D eigenvalue weighted by atomic mass is 35.5. The number of aromatic nitrogens is 2. The quantitative estimate of drug-likeness (QED) is 0.0550. The Morgan fingerprint density at radius 1 is 0.643 bits per heavy atom. The molecule has 2 aromatic heterocycles. The Labute approximate surface area is 417 Å². The van der Waals surface area contributed by atoms with E-state index in [1.54, 1.807) is 42.7 Å². The summed E-state index contributed by atoms with van der Waals surface area (Å²) in [5.74, 6) is 1.51. The molecule has 2 fully saturated rings. The van der Waals surface area contributed by atoms with E-state index in [1.807, 2.05) is 30.3 Å². The second-order valence-electron chi connectivity index (χ2n) is 18.0. The summed E-state index contributed by atoms with van der Waals surface area (Å²) in [5.41, 5.74) is 21.4. The van der Waals surface area contributed by atoms with E-state index in [-0.39, 0.29) is 50.7 Å². The molecule has 2 aliphatic carbocycles. The summed E-state index contributed by atoms with van der Waals surface area (Å²) < 4.78 is 25.5. The van der Waals surface area contributed by atoms with E-state index in [0.717, 1.165) is 75.8 Å². The summed E-state index contributed by atoms with van der Waals surface area (Å²) in [7, 11) is 0. The monoisotopic (exact) mass is 977 g/mol. The number of nitriles is 2. The van der Waals surface area contributed by atoms with Crippen molar-refractivity contribution in [3.8, 4) is 46.3 Å². The number of halogens is 2. The first-order valence-electron chi connectivity index (χ1n) is 23.2. The number of benzene rings is 4. The molecule has 6 aromatic rings. The number of hydrogen-bond donors (Lipinski definition) is 3. The molecule has 2 saturated carbocycles. The van der Waals surface area contributed by atoms with Crippen LogP contribution < -0.4 is 35.7 Å². The number of nitrogens with two attached hydrogens (primary N) is 2.